The van der Waals surface area contributed by atoms with E-state index in [1.54, 1.807) is 25.7 Å². The fourth-order valence-electron chi connectivity index (χ4n) is 1.94. The summed E-state index contributed by atoms with van der Waals surface area (Å²) >= 11 is 1.42. The van der Waals surface area contributed by atoms with Crippen LogP contribution in [0.1, 0.15) is 20.8 Å². The largest absolute Gasteiger partial charge is 0.493 e. The summed E-state index contributed by atoms with van der Waals surface area (Å²) in [5, 5.41) is 13.8. The average molecular weight is 307 g/mol. The Morgan fingerprint density at radius 1 is 1.24 bits per heavy atom. The normalized spacial score (nSPS) is 10.2. The minimum absolute atomic E-state index is 0.320. The highest BCUT2D eigenvalue weighted by Gasteiger charge is 2.10. The van der Waals surface area contributed by atoms with Crippen molar-refractivity contribution >= 4 is 23.0 Å². The molecule has 5 nitrogen and oxygen atoms in total. The van der Waals surface area contributed by atoms with Crippen LogP contribution in [0.4, 0.5) is 5.69 Å². The van der Waals surface area contributed by atoms with E-state index in [0.717, 1.165) is 16.1 Å². The summed E-state index contributed by atoms with van der Waals surface area (Å²) in [6.07, 6.45) is 0. The minimum Gasteiger partial charge on any atom is -0.493 e. The van der Waals surface area contributed by atoms with Gasteiger partial charge in [-0.1, -0.05) is 0 Å². The van der Waals surface area contributed by atoms with E-state index < -0.39 is 5.97 Å². The van der Waals surface area contributed by atoms with Gasteiger partial charge < -0.3 is 19.9 Å². The number of rotatable bonds is 6. The standard InChI is InChI=1S/C15H17NO4S/c1-9-4-13(19-2)14(20-3)6-12(9)16-7-11-5-10(8-21-11)15(17)18/h4-6,8,16H,7H2,1-3H3,(H,17,18). The fourth-order valence-corrected chi connectivity index (χ4v) is 2.74. The number of thiophene rings is 1. The van der Waals surface area contributed by atoms with Gasteiger partial charge >= 0.3 is 5.97 Å². The Labute approximate surface area is 127 Å². The van der Waals surface area contributed by atoms with E-state index in [2.05, 4.69) is 5.32 Å². The molecule has 2 rings (SSSR count). The summed E-state index contributed by atoms with van der Waals surface area (Å²) in [5.74, 6) is 0.438. The van der Waals surface area contributed by atoms with Crippen molar-refractivity contribution in [3.05, 3.63) is 39.6 Å². The zero-order valence-electron chi connectivity index (χ0n) is 12.1. The predicted molar refractivity (Wildman–Crippen MR) is 82.9 cm³/mol. The molecular weight excluding hydrogens is 290 g/mol. The molecule has 6 heteroatoms. The van der Waals surface area contributed by atoms with Crippen LogP contribution in [0.15, 0.2) is 23.6 Å². The molecule has 1 aromatic heterocycles. The lowest BCUT2D eigenvalue weighted by atomic mass is 10.1. The Hall–Kier alpha value is -2.21. The summed E-state index contributed by atoms with van der Waals surface area (Å²) in [6, 6.07) is 5.45. The number of aryl methyl sites for hydroxylation is 1. The van der Waals surface area contributed by atoms with Gasteiger partial charge in [0.1, 0.15) is 0 Å². The van der Waals surface area contributed by atoms with Crippen LogP contribution in [0.5, 0.6) is 11.5 Å². The third kappa shape index (κ3) is 3.46. The van der Waals surface area contributed by atoms with E-state index in [0.29, 0.717) is 23.6 Å². The van der Waals surface area contributed by atoms with Crippen molar-refractivity contribution in [2.24, 2.45) is 0 Å². The van der Waals surface area contributed by atoms with Gasteiger partial charge in [0.05, 0.1) is 19.8 Å². The van der Waals surface area contributed by atoms with Crippen LogP contribution in [-0.4, -0.2) is 25.3 Å². The molecule has 0 spiro atoms. The van der Waals surface area contributed by atoms with Crippen molar-refractivity contribution in [1.82, 2.24) is 0 Å². The first kappa shape index (κ1) is 15.2. The lowest BCUT2D eigenvalue weighted by Crippen LogP contribution is -2.01. The second-order valence-corrected chi connectivity index (χ2v) is 5.48. The van der Waals surface area contributed by atoms with Gasteiger partial charge in [0, 0.05) is 28.6 Å². The summed E-state index contributed by atoms with van der Waals surface area (Å²) < 4.78 is 10.5. The Kier molecular flexibility index (Phi) is 4.70. The molecule has 0 aliphatic heterocycles. The minimum atomic E-state index is -0.903. The van der Waals surface area contributed by atoms with Crippen molar-refractivity contribution in [1.29, 1.82) is 0 Å². The lowest BCUT2D eigenvalue weighted by Gasteiger charge is -2.13. The molecule has 112 valence electrons. The van der Waals surface area contributed by atoms with Gasteiger partial charge in [-0.25, -0.2) is 4.79 Å². The molecule has 0 unspecified atom stereocenters. The van der Waals surface area contributed by atoms with Crippen LogP contribution in [-0.2, 0) is 6.54 Å². The molecule has 1 aromatic carbocycles. The molecular formula is C15H17NO4S. The van der Waals surface area contributed by atoms with Crippen LogP contribution in [0.25, 0.3) is 0 Å². The van der Waals surface area contributed by atoms with Gasteiger partial charge in [0.2, 0.25) is 0 Å². The number of aromatic carboxylic acids is 1. The van der Waals surface area contributed by atoms with Crippen LogP contribution >= 0.6 is 11.3 Å². The predicted octanol–water partition coefficient (Wildman–Crippen LogP) is 3.38. The number of ether oxygens (including phenoxy) is 2. The number of methoxy groups -OCH3 is 2. The fraction of sp³-hybridized carbons (Fsp3) is 0.267. The number of nitrogens with one attached hydrogen (secondary N) is 1. The summed E-state index contributed by atoms with van der Waals surface area (Å²) in [5.41, 5.74) is 2.28. The van der Waals surface area contributed by atoms with Crippen molar-refractivity contribution in [3.63, 3.8) is 0 Å². The Morgan fingerprint density at radius 2 is 1.90 bits per heavy atom. The molecule has 1 heterocycles. The van der Waals surface area contributed by atoms with E-state index >= 15 is 0 Å². The van der Waals surface area contributed by atoms with Crippen LogP contribution in [0, 0.1) is 6.92 Å². The Morgan fingerprint density at radius 3 is 2.48 bits per heavy atom. The highest BCUT2D eigenvalue weighted by Crippen LogP contribution is 2.33. The van der Waals surface area contributed by atoms with Crippen molar-refractivity contribution in [3.8, 4) is 11.5 Å². The molecule has 0 amide bonds. The highest BCUT2D eigenvalue weighted by molar-refractivity contribution is 7.10. The number of carboxylic acid groups (broad SMARTS) is 1. The quantitative estimate of drug-likeness (QED) is 0.856. The van der Waals surface area contributed by atoms with Gasteiger partial charge in [-0.05, 0) is 24.6 Å². The SMILES string of the molecule is COc1cc(C)c(NCc2cc(C(=O)O)cs2)cc1OC. The number of carboxylic acids is 1. The molecule has 0 bridgehead atoms. The molecule has 2 aromatic rings. The van der Waals surface area contributed by atoms with E-state index in [4.69, 9.17) is 14.6 Å². The maximum absolute atomic E-state index is 10.9. The first-order valence-corrected chi connectivity index (χ1v) is 7.20. The third-order valence-corrected chi connectivity index (χ3v) is 4.02. The molecule has 0 radical (unpaired) electrons. The van der Waals surface area contributed by atoms with Crippen molar-refractivity contribution in [2.75, 3.05) is 19.5 Å². The number of carbonyl (C=O) groups is 1. The number of hydrogen-bond donors (Lipinski definition) is 2. The van der Waals surface area contributed by atoms with Crippen LogP contribution < -0.4 is 14.8 Å². The highest BCUT2D eigenvalue weighted by atomic mass is 32.1. The Balaban J connectivity index is 2.13. The summed E-state index contributed by atoms with van der Waals surface area (Å²) in [6.45, 7) is 2.54. The smallest absolute Gasteiger partial charge is 0.336 e. The second kappa shape index (κ2) is 6.49. The topological polar surface area (TPSA) is 67.8 Å². The lowest BCUT2D eigenvalue weighted by molar-refractivity contribution is 0.0697. The Bertz CT molecular complexity index is 651. The molecule has 0 atom stereocenters. The van der Waals surface area contributed by atoms with Gasteiger partial charge in [0.25, 0.3) is 0 Å². The summed E-state index contributed by atoms with van der Waals surface area (Å²) in [7, 11) is 3.19. The van der Waals surface area contributed by atoms with E-state index in [1.165, 1.54) is 11.3 Å². The first-order valence-electron chi connectivity index (χ1n) is 6.32. The van der Waals surface area contributed by atoms with Gasteiger partial charge in [-0.3, -0.25) is 0 Å². The summed E-state index contributed by atoms with van der Waals surface area (Å²) in [4.78, 5) is 11.8. The molecule has 0 saturated carbocycles. The third-order valence-electron chi connectivity index (χ3n) is 3.08. The van der Waals surface area contributed by atoms with Crippen molar-refractivity contribution < 1.29 is 19.4 Å². The van der Waals surface area contributed by atoms with Gasteiger partial charge in [-0.2, -0.15) is 0 Å². The molecule has 0 saturated heterocycles. The molecule has 0 fully saturated rings. The first-order chi connectivity index (χ1) is 10.0. The second-order valence-electron chi connectivity index (χ2n) is 4.48. The monoisotopic (exact) mass is 307 g/mol. The number of hydrogen-bond acceptors (Lipinski definition) is 5. The number of benzene rings is 1. The average Bonchev–Trinajstić information content (AvgIpc) is 2.94. The molecule has 0 aliphatic rings. The van der Waals surface area contributed by atoms with E-state index in [-0.39, 0.29) is 0 Å². The molecule has 21 heavy (non-hydrogen) atoms. The molecule has 2 N–H and O–H groups in total. The van der Waals surface area contributed by atoms with Crippen LogP contribution in [0.3, 0.4) is 0 Å². The molecule has 0 aliphatic carbocycles. The maximum Gasteiger partial charge on any atom is 0.336 e. The zero-order valence-corrected chi connectivity index (χ0v) is 12.9. The zero-order chi connectivity index (χ0) is 15.4. The number of anilines is 1. The van der Waals surface area contributed by atoms with E-state index in [1.807, 2.05) is 19.1 Å². The van der Waals surface area contributed by atoms with Gasteiger partial charge in [0.15, 0.2) is 11.5 Å². The maximum atomic E-state index is 10.9. The van der Waals surface area contributed by atoms with Crippen molar-refractivity contribution in [2.45, 2.75) is 13.5 Å². The van der Waals surface area contributed by atoms with E-state index in [9.17, 15) is 4.79 Å². The van der Waals surface area contributed by atoms with Crippen LogP contribution in [0.2, 0.25) is 0 Å². The van der Waals surface area contributed by atoms with Gasteiger partial charge in [-0.15, -0.1) is 11.3 Å².